The van der Waals surface area contributed by atoms with Gasteiger partial charge in [-0.15, -0.1) is 0 Å². The second-order valence-electron chi connectivity index (χ2n) is 3.92. The molecule has 0 aliphatic rings. The van der Waals surface area contributed by atoms with E-state index >= 15 is 0 Å². The van der Waals surface area contributed by atoms with E-state index in [1.54, 1.807) is 6.20 Å². The number of nitrogens with two attached hydrogens (primary N) is 1. The summed E-state index contributed by atoms with van der Waals surface area (Å²) < 4.78 is 1.93. The molecule has 4 N–H and O–H groups in total. The Morgan fingerprint density at radius 3 is 2.88 bits per heavy atom. The van der Waals surface area contributed by atoms with Crippen LogP contribution in [-0.2, 0) is 6.54 Å². The number of hydrogen-bond acceptors (Lipinski definition) is 4. The first kappa shape index (κ1) is 13.5. The summed E-state index contributed by atoms with van der Waals surface area (Å²) >= 11 is 0. The largest absolute Gasteiger partial charge is 0.409 e. The number of hydrogen-bond donors (Lipinski definition) is 3. The standard InChI is InChI=1S/C11H21N5O/c12-11(15-17)5-1-2-6-13-7-3-9-16-10-4-8-14-16/h4,8,10,13,17H,1-3,5-7,9H2,(H2,12,15). The van der Waals surface area contributed by atoms with Crippen molar-refractivity contribution in [3.8, 4) is 0 Å². The topological polar surface area (TPSA) is 88.5 Å². The van der Waals surface area contributed by atoms with Crippen LogP contribution in [0, 0.1) is 0 Å². The van der Waals surface area contributed by atoms with Gasteiger partial charge in [-0.3, -0.25) is 4.68 Å². The first-order chi connectivity index (χ1) is 8.33. The molecular weight excluding hydrogens is 218 g/mol. The molecule has 17 heavy (non-hydrogen) atoms. The molecule has 0 aromatic carbocycles. The molecule has 1 rings (SSSR count). The summed E-state index contributed by atoms with van der Waals surface area (Å²) in [6, 6.07) is 1.93. The second kappa shape index (κ2) is 8.58. The van der Waals surface area contributed by atoms with E-state index in [-0.39, 0.29) is 0 Å². The minimum absolute atomic E-state index is 0.309. The van der Waals surface area contributed by atoms with E-state index in [0.717, 1.165) is 38.9 Å². The van der Waals surface area contributed by atoms with E-state index in [1.165, 1.54) is 0 Å². The number of nitrogens with zero attached hydrogens (tertiary/aromatic N) is 3. The van der Waals surface area contributed by atoms with Gasteiger partial charge in [-0.2, -0.15) is 5.10 Å². The van der Waals surface area contributed by atoms with Crippen molar-refractivity contribution in [2.45, 2.75) is 32.2 Å². The molecule has 0 spiro atoms. The third kappa shape index (κ3) is 6.57. The lowest BCUT2D eigenvalue weighted by atomic mass is 10.2. The van der Waals surface area contributed by atoms with E-state index < -0.39 is 0 Å². The molecule has 0 aliphatic heterocycles. The smallest absolute Gasteiger partial charge is 0.139 e. The van der Waals surface area contributed by atoms with Gasteiger partial charge in [0.2, 0.25) is 0 Å². The predicted molar refractivity (Wildman–Crippen MR) is 67.0 cm³/mol. The molecule has 6 heteroatoms. The van der Waals surface area contributed by atoms with Crippen molar-refractivity contribution in [2.75, 3.05) is 13.1 Å². The molecular formula is C11H21N5O. The number of nitrogens with one attached hydrogen (secondary N) is 1. The lowest BCUT2D eigenvalue weighted by molar-refractivity contribution is 0.316. The second-order valence-corrected chi connectivity index (χ2v) is 3.92. The summed E-state index contributed by atoms with van der Waals surface area (Å²) in [4.78, 5) is 0. The van der Waals surface area contributed by atoms with Crippen molar-refractivity contribution >= 4 is 5.84 Å². The van der Waals surface area contributed by atoms with Gasteiger partial charge in [0.25, 0.3) is 0 Å². The van der Waals surface area contributed by atoms with Crippen LogP contribution in [0.5, 0.6) is 0 Å². The van der Waals surface area contributed by atoms with Crippen LogP contribution in [0.2, 0.25) is 0 Å². The van der Waals surface area contributed by atoms with Crippen molar-refractivity contribution in [3.63, 3.8) is 0 Å². The van der Waals surface area contributed by atoms with Crippen LogP contribution in [-0.4, -0.2) is 33.9 Å². The molecule has 0 aliphatic carbocycles. The maximum atomic E-state index is 8.34. The first-order valence-electron chi connectivity index (χ1n) is 5.97. The van der Waals surface area contributed by atoms with E-state index in [2.05, 4.69) is 15.6 Å². The van der Waals surface area contributed by atoms with Gasteiger partial charge < -0.3 is 16.3 Å². The molecule has 0 saturated heterocycles. The Morgan fingerprint density at radius 2 is 2.18 bits per heavy atom. The zero-order valence-corrected chi connectivity index (χ0v) is 10.0. The van der Waals surface area contributed by atoms with Gasteiger partial charge in [0.1, 0.15) is 5.84 Å². The van der Waals surface area contributed by atoms with Gasteiger partial charge in [-0.05, 0) is 38.4 Å². The summed E-state index contributed by atoms with van der Waals surface area (Å²) in [5, 5.41) is 18.8. The highest BCUT2D eigenvalue weighted by Gasteiger charge is 1.94. The van der Waals surface area contributed by atoms with Crippen LogP contribution in [0.4, 0.5) is 0 Å². The average Bonchev–Trinajstić information content (AvgIpc) is 2.85. The van der Waals surface area contributed by atoms with Crippen LogP contribution < -0.4 is 11.1 Å². The van der Waals surface area contributed by atoms with Crippen molar-refractivity contribution in [1.29, 1.82) is 0 Å². The van der Waals surface area contributed by atoms with Gasteiger partial charge in [-0.25, -0.2) is 0 Å². The molecule has 0 fully saturated rings. The summed E-state index contributed by atoms with van der Waals surface area (Å²) in [6.07, 6.45) is 7.48. The Kier molecular flexibility index (Phi) is 6.81. The van der Waals surface area contributed by atoms with Gasteiger partial charge in [-0.1, -0.05) is 5.16 Å². The minimum atomic E-state index is 0.309. The Hall–Kier alpha value is -1.56. The molecule has 6 nitrogen and oxygen atoms in total. The third-order valence-electron chi connectivity index (χ3n) is 2.46. The SMILES string of the molecule is N/C(CCCCNCCCn1cccn1)=N/O. The van der Waals surface area contributed by atoms with Crippen LogP contribution in [0.15, 0.2) is 23.6 Å². The van der Waals surface area contributed by atoms with Crippen molar-refractivity contribution < 1.29 is 5.21 Å². The van der Waals surface area contributed by atoms with Gasteiger partial charge in [0.15, 0.2) is 0 Å². The maximum Gasteiger partial charge on any atom is 0.139 e. The summed E-state index contributed by atoms with van der Waals surface area (Å²) in [6.45, 7) is 2.91. The predicted octanol–water partition coefficient (Wildman–Crippen LogP) is 0.779. The highest BCUT2D eigenvalue weighted by molar-refractivity contribution is 5.79. The maximum absolute atomic E-state index is 8.34. The number of aryl methyl sites for hydroxylation is 1. The van der Waals surface area contributed by atoms with Crippen LogP contribution >= 0.6 is 0 Å². The zero-order valence-electron chi connectivity index (χ0n) is 10.0. The fraction of sp³-hybridized carbons (Fsp3) is 0.636. The number of rotatable bonds is 9. The van der Waals surface area contributed by atoms with Gasteiger partial charge in [0, 0.05) is 25.4 Å². The Bertz CT molecular complexity index is 310. The van der Waals surface area contributed by atoms with E-state index in [0.29, 0.717) is 12.3 Å². The van der Waals surface area contributed by atoms with Crippen LogP contribution in [0.25, 0.3) is 0 Å². The van der Waals surface area contributed by atoms with Crippen molar-refractivity contribution in [1.82, 2.24) is 15.1 Å². The fourth-order valence-corrected chi connectivity index (χ4v) is 1.53. The fourth-order valence-electron chi connectivity index (χ4n) is 1.53. The van der Waals surface area contributed by atoms with Crippen LogP contribution in [0.3, 0.4) is 0 Å². The number of aromatic nitrogens is 2. The minimum Gasteiger partial charge on any atom is -0.409 e. The molecule has 0 amide bonds. The van der Waals surface area contributed by atoms with Gasteiger partial charge in [0.05, 0.1) is 0 Å². The molecule has 1 aromatic rings. The Labute approximate surface area is 101 Å². The average molecular weight is 239 g/mol. The van der Waals surface area contributed by atoms with Crippen LogP contribution in [0.1, 0.15) is 25.7 Å². The van der Waals surface area contributed by atoms with E-state index in [4.69, 9.17) is 10.9 Å². The normalized spacial score (nSPS) is 11.9. The molecule has 0 atom stereocenters. The lowest BCUT2D eigenvalue weighted by Crippen LogP contribution is -2.19. The molecule has 0 bridgehead atoms. The monoisotopic (exact) mass is 239 g/mol. The molecule has 0 radical (unpaired) electrons. The Balaban J connectivity index is 1.85. The van der Waals surface area contributed by atoms with E-state index in [9.17, 15) is 0 Å². The van der Waals surface area contributed by atoms with E-state index in [1.807, 2.05) is 16.9 Å². The first-order valence-corrected chi connectivity index (χ1v) is 5.97. The van der Waals surface area contributed by atoms with Gasteiger partial charge >= 0.3 is 0 Å². The summed E-state index contributed by atoms with van der Waals surface area (Å²) in [5.74, 6) is 0.309. The highest BCUT2D eigenvalue weighted by Crippen LogP contribution is 1.94. The molecule has 0 saturated carbocycles. The molecule has 96 valence electrons. The number of amidine groups is 1. The number of oxime groups is 1. The Morgan fingerprint density at radius 1 is 1.35 bits per heavy atom. The molecule has 0 unspecified atom stereocenters. The summed E-state index contributed by atoms with van der Waals surface area (Å²) in [7, 11) is 0. The zero-order chi connectivity index (χ0) is 12.3. The summed E-state index contributed by atoms with van der Waals surface area (Å²) in [5.41, 5.74) is 5.36. The highest BCUT2D eigenvalue weighted by atomic mass is 16.4. The van der Waals surface area contributed by atoms with Crippen molar-refractivity contribution in [2.24, 2.45) is 10.9 Å². The molecule has 1 aromatic heterocycles. The number of unbranched alkanes of at least 4 members (excludes halogenated alkanes) is 1. The lowest BCUT2D eigenvalue weighted by Gasteiger charge is -2.04. The quantitative estimate of drug-likeness (QED) is 0.195. The third-order valence-corrected chi connectivity index (χ3v) is 2.46. The molecule has 1 heterocycles. The van der Waals surface area contributed by atoms with Crippen molar-refractivity contribution in [3.05, 3.63) is 18.5 Å².